The Bertz CT molecular complexity index is 587. The summed E-state index contributed by atoms with van der Waals surface area (Å²) in [4.78, 5) is 2.08. The van der Waals surface area contributed by atoms with Crippen LogP contribution >= 0.6 is 0 Å². The zero-order valence-electron chi connectivity index (χ0n) is 13.1. The topological polar surface area (TPSA) is 62.4 Å². The van der Waals surface area contributed by atoms with Crippen molar-refractivity contribution in [2.24, 2.45) is 0 Å². The molecule has 0 spiro atoms. The Morgan fingerprint density at radius 3 is 2.57 bits per heavy atom. The van der Waals surface area contributed by atoms with E-state index in [0.717, 1.165) is 17.7 Å². The molecule has 2 rings (SSSR count). The molecule has 1 N–H and O–H groups in total. The summed E-state index contributed by atoms with van der Waals surface area (Å²) in [7, 11) is 0. The fraction of sp³-hybridized carbons (Fsp3) is 0.500. The third-order valence-electron chi connectivity index (χ3n) is 3.26. The third-order valence-corrected chi connectivity index (χ3v) is 3.26. The summed E-state index contributed by atoms with van der Waals surface area (Å²) in [6.07, 6.45) is 0. The minimum atomic E-state index is -0.741. The second-order valence-electron chi connectivity index (χ2n) is 5.93. The Balaban J connectivity index is 2.11. The van der Waals surface area contributed by atoms with E-state index in [1.165, 1.54) is 0 Å². The largest absolute Gasteiger partial charge is 0.419 e. The number of hydrogen-bond acceptors (Lipinski definition) is 5. The quantitative estimate of drug-likeness (QED) is 0.885. The maximum absolute atomic E-state index is 9.91. The number of hydrogen-bond donors (Lipinski definition) is 1. The monoisotopic (exact) mass is 289 g/mol. The molecule has 0 amide bonds. The first-order valence-corrected chi connectivity index (χ1v) is 7.22. The summed E-state index contributed by atoms with van der Waals surface area (Å²) < 4.78 is 5.75. The van der Waals surface area contributed by atoms with Crippen LogP contribution in [0.3, 0.4) is 0 Å². The molecule has 0 bridgehead atoms. The lowest BCUT2D eigenvalue weighted by Crippen LogP contribution is -2.38. The van der Waals surface area contributed by atoms with Gasteiger partial charge in [-0.1, -0.05) is 25.1 Å². The standard InChI is InChI=1S/C16H23N3O2/c1-5-19(11-16(3,4)20)10-14-17-18-15(21-14)13-9-7-6-8-12(13)2/h6-9,20H,5,10-11H2,1-4H3. The molecule has 1 heterocycles. The Morgan fingerprint density at radius 2 is 1.95 bits per heavy atom. The number of rotatable bonds is 6. The highest BCUT2D eigenvalue weighted by Crippen LogP contribution is 2.22. The number of likely N-dealkylation sites (N-methyl/N-ethyl adjacent to an activating group) is 1. The predicted octanol–water partition coefficient (Wildman–Crippen LogP) is 2.64. The van der Waals surface area contributed by atoms with Crippen LogP contribution in [-0.4, -0.2) is 38.9 Å². The summed E-state index contributed by atoms with van der Waals surface area (Å²) >= 11 is 0. The highest BCUT2D eigenvalue weighted by atomic mass is 16.4. The number of aryl methyl sites for hydroxylation is 1. The predicted molar refractivity (Wildman–Crippen MR) is 81.7 cm³/mol. The van der Waals surface area contributed by atoms with Crippen LogP contribution in [0.1, 0.15) is 32.2 Å². The lowest BCUT2D eigenvalue weighted by Gasteiger charge is -2.26. The van der Waals surface area contributed by atoms with Crippen molar-refractivity contribution in [2.75, 3.05) is 13.1 Å². The highest BCUT2D eigenvalue weighted by Gasteiger charge is 2.19. The van der Waals surface area contributed by atoms with E-state index < -0.39 is 5.60 Å². The first-order valence-electron chi connectivity index (χ1n) is 7.22. The zero-order chi connectivity index (χ0) is 15.5. The van der Waals surface area contributed by atoms with Gasteiger partial charge in [-0.2, -0.15) is 0 Å². The minimum Gasteiger partial charge on any atom is -0.419 e. The molecule has 0 saturated heterocycles. The average Bonchev–Trinajstić information content (AvgIpc) is 2.85. The van der Waals surface area contributed by atoms with E-state index in [0.29, 0.717) is 24.9 Å². The molecule has 1 aromatic heterocycles. The summed E-state index contributed by atoms with van der Waals surface area (Å²) in [6, 6.07) is 7.93. The van der Waals surface area contributed by atoms with Gasteiger partial charge < -0.3 is 9.52 Å². The average molecular weight is 289 g/mol. The van der Waals surface area contributed by atoms with E-state index in [1.807, 2.05) is 38.1 Å². The van der Waals surface area contributed by atoms with Gasteiger partial charge in [0.25, 0.3) is 0 Å². The second-order valence-corrected chi connectivity index (χ2v) is 5.93. The molecule has 5 heteroatoms. The molecule has 0 aliphatic heterocycles. The maximum atomic E-state index is 9.91. The summed E-state index contributed by atoms with van der Waals surface area (Å²) in [6.45, 7) is 9.57. The minimum absolute atomic E-state index is 0.541. The van der Waals surface area contributed by atoms with Crippen LogP contribution in [0.15, 0.2) is 28.7 Å². The molecular formula is C16H23N3O2. The van der Waals surface area contributed by atoms with Gasteiger partial charge in [0, 0.05) is 12.1 Å². The van der Waals surface area contributed by atoms with Gasteiger partial charge in [-0.3, -0.25) is 4.90 Å². The van der Waals surface area contributed by atoms with Crippen LogP contribution in [0.25, 0.3) is 11.5 Å². The van der Waals surface area contributed by atoms with Gasteiger partial charge in [-0.05, 0) is 38.9 Å². The van der Waals surface area contributed by atoms with Gasteiger partial charge in [0.05, 0.1) is 12.1 Å². The van der Waals surface area contributed by atoms with E-state index >= 15 is 0 Å². The molecule has 0 aliphatic carbocycles. The molecule has 1 aromatic carbocycles. The first-order chi connectivity index (χ1) is 9.89. The van der Waals surface area contributed by atoms with Gasteiger partial charge >= 0.3 is 0 Å². The van der Waals surface area contributed by atoms with Gasteiger partial charge in [-0.15, -0.1) is 10.2 Å². The summed E-state index contributed by atoms with van der Waals surface area (Å²) in [5, 5.41) is 18.1. The second kappa shape index (κ2) is 6.37. The number of benzene rings is 1. The molecule has 0 unspecified atom stereocenters. The van der Waals surface area contributed by atoms with Gasteiger partial charge in [-0.25, -0.2) is 0 Å². The van der Waals surface area contributed by atoms with E-state index in [4.69, 9.17) is 4.42 Å². The van der Waals surface area contributed by atoms with Crippen molar-refractivity contribution in [3.8, 4) is 11.5 Å². The van der Waals surface area contributed by atoms with Crippen LogP contribution in [0.5, 0.6) is 0 Å². The fourth-order valence-corrected chi connectivity index (χ4v) is 2.26. The van der Waals surface area contributed by atoms with Crippen molar-refractivity contribution >= 4 is 0 Å². The highest BCUT2D eigenvalue weighted by molar-refractivity contribution is 5.57. The molecular weight excluding hydrogens is 266 g/mol. The summed E-state index contributed by atoms with van der Waals surface area (Å²) in [5.74, 6) is 1.11. The van der Waals surface area contributed by atoms with Gasteiger partial charge in [0.2, 0.25) is 11.8 Å². The molecule has 0 atom stereocenters. The first kappa shape index (κ1) is 15.7. The van der Waals surface area contributed by atoms with E-state index in [1.54, 1.807) is 13.8 Å². The normalized spacial score (nSPS) is 12.1. The Kier molecular flexibility index (Phi) is 4.75. The lowest BCUT2D eigenvalue weighted by atomic mass is 10.1. The van der Waals surface area contributed by atoms with Crippen LogP contribution < -0.4 is 0 Å². The molecule has 114 valence electrons. The van der Waals surface area contributed by atoms with Gasteiger partial charge in [0.1, 0.15) is 0 Å². The lowest BCUT2D eigenvalue weighted by molar-refractivity contribution is 0.0329. The third kappa shape index (κ3) is 4.37. The molecule has 0 radical (unpaired) electrons. The van der Waals surface area contributed by atoms with Crippen LogP contribution in [0, 0.1) is 6.92 Å². The van der Waals surface area contributed by atoms with Crippen LogP contribution in [-0.2, 0) is 6.54 Å². The molecule has 0 saturated carbocycles. The van der Waals surface area contributed by atoms with E-state index in [-0.39, 0.29) is 0 Å². The van der Waals surface area contributed by atoms with E-state index in [9.17, 15) is 5.11 Å². The number of nitrogens with zero attached hydrogens (tertiary/aromatic N) is 3. The smallest absolute Gasteiger partial charge is 0.248 e. The van der Waals surface area contributed by atoms with Crippen molar-refractivity contribution in [1.82, 2.24) is 15.1 Å². The zero-order valence-corrected chi connectivity index (χ0v) is 13.1. The SMILES string of the molecule is CCN(Cc1nnc(-c2ccccc2C)o1)CC(C)(C)O. The molecule has 21 heavy (non-hydrogen) atoms. The number of aromatic nitrogens is 2. The Labute approximate surface area is 125 Å². The summed E-state index contributed by atoms with van der Waals surface area (Å²) in [5.41, 5.74) is 1.33. The molecule has 0 fully saturated rings. The van der Waals surface area contributed by atoms with Gasteiger partial charge in [0.15, 0.2) is 0 Å². The van der Waals surface area contributed by atoms with E-state index in [2.05, 4.69) is 15.1 Å². The van der Waals surface area contributed by atoms with Crippen LogP contribution in [0.2, 0.25) is 0 Å². The van der Waals surface area contributed by atoms with Crippen LogP contribution in [0.4, 0.5) is 0 Å². The molecule has 2 aromatic rings. The number of aliphatic hydroxyl groups is 1. The Morgan fingerprint density at radius 1 is 1.24 bits per heavy atom. The maximum Gasteiger partial charge on any atom is 0.248 e. The fourth-order valence-electron chi connectivity index (χ4n) is 2.26. The molecule has 0 aliphatic rings. The van der Waals surface area contributed by atoms with Crippen molar-refractivity contribution < 1.29 is 9.52 Å². The van der Waals surface area contributed by atoms with Crippen molar-refractivity contribution in [2.45, 2.75) is 39.8 Å². The van der Waals surface area contributed by atoms with Crippen molar-refractivity contribution in [3.05, 3.63) is 35.7 Å². The van der Waals surface area contributed by atoms with Crippen molar-refractivity contribution in [1.29, 1.82) is 0 Å². The van der Waals surface area contributed by atoms with Crippen molar-refractivity contribution in [3.63, 3.8) is 0 Å². The molecule has 5 nitrogen and oxygen atoms in total. The Hall–Kier alpha value is -1.72.